The fourth-order valence-electron chi connectivity index (χ4n) is 0. The van der Waals surface area contributed by atoms with Crippen molar-refractivity contribution in [2.24, 2.45) is 0 Å². The second-order valence-electron chi connectivity index (χ2n) is 0.855. The average Bonchev–Trinajstić information content (AvgIpc) is 1.12. The fourth-order valence-corrected chi connectivity index (χ4v) is 0. The second-order valence-corrected chi connectivity index (χ2v) is 2.57. The van der Waals surface area contributed by atoms with Crippen molar-refractivity contribution in [3.63, 3.8) is 0 Å². The predicted molar refractivity (Wildman–Crippen MR) is 20.0 cm³/mol. The van der Waals surface area contributed by atoms with Gasteiger partial charge >= 0.3 is 17.1 Å². The molecule has 0 unspecified atom stereocenters. The molecule has 0 aliphatic carbocycles. The molecule has 0 saturated carbocycles. The van der Waals surface area contributed by atoms with E-state index in [1.54, 1.807) is 0 Å². The van der Waals surface area contributed by atoms with Crippen LogP contribution in [0.5, 0.6) is 0 Å². The smallest absolute Gasteiger partial charge is 0.870 e. The van der Waals surface area contributed by atoms with Crippen LogP contribution in [0.4, 0.5) is 0 Å². The van der Waals surface area contributed by atoms with Crippen molar-refractivity contribution in [1.82, 2.24) is 0 Å². The van der Waals surface area contributed by atoms with Crippen molar-refractivity contribution in [1.29, 1.82) is 0 Å². The summed E-state index contributed by atoms with van der Waals surface area (Å²) >= 11 is 0. The van der Waals surface area contributed by atoms with Crippen LogP contribution in [0.25, 0.3) is 0 Å². The maximum atomic E-state index is 8.55. The molecule has 12 heavy (non-hydrogen) atoms. The van der Waals surface area contributed by atoms with Gasteiger partial charge in [-0.05, 0) is 0 Å². The summed E-state index contributed by atoms with van der Waals surface area (Å²) in [6, 6.07) is 0. The van der Waals surface area contributed by atoms with E-state index < -0.39 is 18.2 Å². The molecule has 1 N–H and O–H groups in total. The van der Waals surface area contributed by atoms with Crippen molar-refractivity contribution >= 4 is 18.2 Å². The van der Waals surface area contributed by atoms with E-state index in [4.69, 9.17) is 36.8 Å². The van der Waals surface area contributed by atoms with Crippen molar-refractivity contribution in [3.8, 4) is 0 Å². The third-order valence-corrected chi connectivity index (χ3v) is 0. The Morgan fingerprint density at radius 2 is 1.00 bits per heavy atom. The number of phosphoric acid groups is 1. The van der Waals surface area contributed by atoms with Gasteiger partial charge in [-0.25, -0.2) is 0 Å². The van der Waals surface area contributed by atoms with Crippen LogP contribution in [0, 0.1) is 0 Å². The Labute approximate surface area is 78.0 Å². The van der Waals surface area contributed by atoms with Crippen molar-refractivity contribution in [3.05, 3.63) is 0 Å². The van der Waals surface area contributed by atoms with E-state index in [0.29, 0.717) is 0 Å². The molecule has 0 radical (unpaired) electrons. The molecule has 0 heterocycles. The van der Waals surface area contributed by atoms with Crippen LogP contribution in [-0.4, -0.2) is 23.0 Å². The molecule has 0 spiro atoms. The summed E-state index contributed by atoms with van der Waals surface area (Å²) in [6.45, 7) is 0. The third-order valence-electron chi connectivity index (χ3n) is 0. The van der Waals surface area contributed by atoms with E-state index in [2.05, 4.69) is 0 Å². The Kier molecular flexibility index (Phi) is 15.4. The molecule has 0 aromatic heterocycles. The van der Waals surface area contributed by atoms with Crippen LogP contribution in [0.2, 0.25) is 0 Å². The second kappa shape index (κ2) is 8.08. The van der Waals surface area contributed by atoms with Crippen molar-refractivity contribution in [2.75, 3.05) is 0 Å². The Morgan fingerprint density at radius 1 is 1.00 bits per heavy atom. The molecule has 0 saturated heterocycles. The molecule has 0 aliphatic heterocycles. The molecule has 9 nitrogen and oxygen atoms in total. The van der Waals surface area contributed by atoms with Crippen LogP contribution in [-0.2, 0) is 32.0 Å². The molecule has 0 aromatic carbocycles. The van der Waals surface area contributed by atoms with Gasteiger partial charge in [0.05, 0.1) is 0 Å². The summed E-state index contributed by atoms with van der Waals surface area (Å²) < 4.78 is 42.6. The first-order valence-electron chi connectivity index (χ1n) is 1.40. The van der Waals surface area contributed by atoms with Gasteiger partial charge in [0, 0.05) is 10.4 Å². The van der Waals surface area contributed by atoms with Gasteiger partial charge in [-0.1, -0.05) is 0 Å². The molecule has 0 aliphatic rings. The van der Waals surface area contributed by atoms with Crippen molar-refractivity contribution in [2.45, 2.75) is 0 Å². The molecule has 0 atom stereocenters. The predicted octanol–water partition coefficient (Wildman–Crippen LogP) is -4.34. The van der Waals surface area contributed by atoms with Gasteiger partial charge in [-0.2, -0.15) is 7.82 Å². The first-order chi connectivity index (χ1) is 4.00. The zero-order valence-corrected chi connectivity index (χ0v) is 7.74. The average molecular weight is 264 g/mol. The minimum Gasteiger partial charge on any atom is -0.870 e. The molecule has 74 valence electrons. The maximum Gasteiger partial charge on any atom is 6.00 e. The van der Waals surface area contributed by atoms with Gasteiger partial charge in [0.25, 0.3) is 0 Å². The summed E-state index contributed by atoms with van der Waals surface area (Å²) in [5.74, 6) is 0. The molecule has 0 bridgehead atoms. The van der Waals surface area contributed by atoms with E-state index in [9.17, 15) is 0 Å². The summed E-state index contributed by atoms with van der Waals surface area (Å²) in [7, 11) is -10.6. The van der Waals surface area contributed by atoms with E-state index >= 15 is 0 Å². The quantitative estimate of drug-likeness (QED) is 0.179. The van der Waals surface area contributed by atoms with Gasteiger partial charge in [0.1, 0.15) is 0 Å². The minimum absolute atomic E-state index is 0. The minimum atomic E-state index is -5.39. The van der Waals surface area contributed by atoms with Gasteiger partial charge < -0.3 is 33.8 Å². The monoisotopic (exact) mass is 264 g/mol. The number of hydrogen-bond donors (Lipinski definition) is 0. The third kappa shape index (κ3) is 4430. The normalized spacial score (nSPS) is 9.75. The molecular formula is HFeO9PS. The Balaban J connectivity index is -0.0000000457. The van der Waals surface area contributed by atoms with Gasteiger partial charge in [0.15, 0.2) is 0 Å². The molecule has 12 heteroatoms. The Bertz CT molecular complexity index is 192. The topological polar surface area (TPSA) is 197 Å². The van der Waals surface area contributed by atoms with E-state index in [-0.39, 0.29) is 22.5 Å². The van der Waals surface area contributed by atoms with Crippen LogP contribution in [0.15, 0.2) is 0 Å². The summed E-state index contributed by atoms with van der Waals surface area (Å²) in [4.78, 5) is 25.6. The molecule has 0 fully saturated rings. The van der Waals surface area contributed by atoms with E-state index in [1.165, 1.54) is 0 Å². The molecule has 0 amide bonds. The van der Waals surface area contributed by atoms with Crippen LogP contribution >= 0.6 is 7.82 Å². The SMILES string of the molecule is O=P([O-])([O-])[O-].O=S(=O)([O-])[O-].[Fe+6].[OH-]. The molecular weight excluding hydrogens is 263 g/mol. The largest absolute Gasteiger partial charge is 6.00 e. The van der Waals surface area contributed by atoms with Gasteiger partial charge in [-0.3, -0.25) is 8.42 Å². The Morgan fingerprint density at radius 3 is 1.00 bits per heavy atom. The zero-order chi connectivity index (χ0) is 9.00. The summed E-state index contributed by atoms with van der Waals surface area (Å²) in [6.07, 6.45) is 0. The van der Waals surface area contributed by atoms with Crippen LogP contribution in [0.1, 0.15) is 0 Å². The van der Waals surface area contributed by atoms with Crippen LogP contribution in [0.3, 0.4) is 0 Å². The zero-order valence-electron chi connectivity index (χ0n) is 4.92. The standard InChI is InChI=1S/Fe.H3O4P.H2O4S.H2O/c;2*1-5(2,3)4;/h;(H3,1,2,3,4);(H2,1,2,3,4);1H2/q+6;;;/p-6. The van der Waals surface area contributed by atoms with E-state index in [0.717, 1.165) is 0 Å². The molecule has 0 aromatic rings. The maximum absolute atomic E-state index is 8.55. The molecule has 0 rings (SSSR count). The first-order valence-corrected chi connectivity index (χ1v) is 4.19. The summed E-state index contributed by atoms with van der Waals surface area (Å²) in [5.41, 5.74) is 0. The van der Waals surface area contributed by atoms with Crippen LogP contribution < -0.4 is 14.7 Å². The number of hydrogen-bond acceptors (Lipinski definition) is 9. The number of rotatable bonds is 0. The van der Waals surface area contributed by atoms with Gasteiger partial charge in [0.2, 0.25) is 0 Å². The first kappa shape index (κ1) is 22.9. The van der Waals surface area contributed by atoms with E-state index in [1.807, 2.05) is 0 Å². The fraction of sp³-hybridized carbons (Fsp3) is 0. The van der Waals surface area contributed by atoms with Crippen molar-refractivity contribution < 1.29 is 59.3 Å². The Hall–Kier alpha value is 0.459. The summed E-state index contributed by atoms with van der Waals surface area (Å²) in [5, 5.41) is 0. The van der Waals surface area contributed by atoms with Gasteiger partial charge in [-0.15, -0.1) is 0 Å².